The van der Waals surface area contributed by atoms with Crippen LogP contribution in [0.1, 0.15) is 24.0 Å². The van der Waals surface area contributed by atoms with Gasteiger partial charge in [0.2, 0.25) is 0 Å². The lowest BCUT2D eigenvalue weighted by Gasteiger charge is -1.99. The summed E-state index contributed by atoms with van der Waals surface area (Å²) in [6.45, 7) is 2.07. The normalized spacial score (nSPS) is 10.0. The standard InChI is InChI=1S/C11H14OS/c1-9-5-7-10(8-6-9)3-2-4-11(12)13/h5-8H,2-4H2,1H3,(H,12,13). The molecule has 0 radical (unpaired) electrons. The zero-order valence-electron chi connectivity index (χ0n) is 7.79. The minimum atomic E-state index is -0.0212. The first kappa shape index (κ1) is 10.3. The van der Waals surface area contributed by atoms with Crippen LogP contribution in [0.5, 0.6) is 0 Å². The molecule has 0 saturated heterocycles. The van der Waals surface area contributed by atoms with Crippen LogP contribution in [-0.2, 0) is 11.2 Å². The SMILES string of the molecule is Cc1ccc(CCCC(=O)S)cc1. The van der Waals surface area contributed by atoms with Gasteiger partial charge in [0, 0.05) is 6.42 Å². The lowest BCUT2D eigenvalue weighted by molar-refractivity contribution is -0.110. The minimum absolute atomic E-state index is 0.0212. The summed E-state index contributed by atoms with van der Waals surface area (Å²) in [7, 11) is 0. The minimum Gasteiger partial charge on any atom is -0.288 e. The number of carbonyl (C=O) groups excluding carboxylic acids is 1. The highest BCUT2D eigenvalue weighted by Crippen LogP contribution is 2.07. The highest BCUT2D eigenvalue weighted by atomic mass is 32.1. The smallest absolute Gasteiger partial charge is 0.185 e. The Kier molecular flexibility index (Phi) is 4.03. The van der Waals surface area contributed by atoms with E-state index in [4.69, 9.17) is 0 Å². The second kappa shape index (κ2) is 5.07. The Bertz CT molecular complexity index is 277. The van der Waals surface area contributed by atoms with Gasteiger partial charge >= 0.3 is 0 Å². The second-order valence-electron chi connectivity index (χ2n) is 3.23. The average molecular weight is 194 g/mol. The molecule has 0 aliphatic heterocycles. The third-order valence-electron chi connectivity index (χ3n) is 1.98. The Balaban J connectivity index is 2.37. The van der Waals surface area contributed by atoms with Crippen molar-refractivity contribution in [3.05, 3.63) is 35.4 Å². The molecule has 0 aromatic heterocycles. The molecule has 1 aromatic rings. The van der Waals surface area contributed by atoms with Crippen LogP contribution in [0.2, 0.25) is 0 Å². The van der Waals surface area contributed by atoms with E-state index in [1.165, 1.54) is 11.1 Å². The maximum absolute atomic E-state index is 10.6. The van der Waals surface area contributed by atoms with E-state index in [0.717, 1.165) is 12.8 Å². The summed E-state index contributed by atoms with van der Waals surface area (Å²) in [6, 6.07) is 8.41. The van der Waals surface area contributed by atoms with E-state index in [0.29, 0.717) is 6.42 Å². The lowest BCUT2D eigenvalue weighted by Crippen LogP contribution is -1.90. The van der Waals surface area contributed by atoms with Crippen molar-refractivity contribution in [3.63, 3.8) is 0 Å². The van der Waals surface area contributed by atoms with E-state index in [-0.39, 0.29) is 5.12 Å². The second-order valence-corrected chi connectivity index (χ2v) is 3.73. The maximum atomic E-state index is 10.6. The molecule has 0 fully saturated rings. The zero-order valence-corrected chi connectivity index (χ0v) is 8.68. The number of carbonyl (C=O) groups is 1. The van der Waals surface area contributed by atoms with Crippen molar-refractivity contribution in [3.8, 4) is 0 Å². The largest absolute Gasteiger partial charge is 0.288 e. The molecular formula is C11H14OS. The third-order valence-corrected chi connectivity index (χ3v) is 2.20. The van der Waals surface area contributed by atoms with Crippen LogP contribution in [0.15, 0.2) is 24.3 Å². The molecule has 0 saturated carbocycles. The third kappa shape index (κ3) is 4.13. The van der Waals surface area contributed by atoms with Crippen LogP contribution in [0, 0.1) is 6.92 Å². The fraction of sp³-hybridized carbons (Fsp3) is 0.364. The van der Waals surface area contributed by atoms with Crippen molar-refractivity contribution < 1.29 is 4.79 Å². The molecular weight excluding hydrogens is 180 g/mol. The van der Waals surface area contributed by atoms with E-state index in [1.807, 2.05) is 0 Å². The molecule has 0 bridgehead atoms. The number of aryl methyl sites for hydroxylation is 2. The summed E-state index contributed by atoms with van der Waals surface area (Å²) in [5, 5.41) is -0.0212. The van der Waals surface area contributed by atoms with Gasteiger partial charge in [-0.05, 0) is 25.3 Å². The molecule has 1 nitrogen and oxygen atoms in total. The molecule has 0 aliphatic carbocycles. The van der Waals surface area contributed by atoms with E-state index < -0.39 is 0 Å². The van der Waals surface area contributed by atoms with Crippen LogP contribution in [0.4, 0.5) is 0 Å². The number of hydrogen-bond donors (Lipinski definition) is 1. The maximum Gasteiger partial charge on any atom is 0.185 e. The van der Waals surface area contributed by atoms with Gasteiger partial charge in [-0.15, -0.1) is 12.6 Å². The fourth-order valence-corrected chi connectivity index (χ4v) is 1.36. The molecule has 0 aliphatic rings. The van der Waals surface area contributed by atoms with Gasteiger partial charge in [-0.3, -0.25) is 4.79 Å². The molecule has 0 atom stereocenters. The van der Waals surface area contributed by atoms with Gasteiger partial charge in [-0.2, -0.15) is 0 Å². The van der Waals surface area contributed by atoms with E-state index in [2.05, 4.69) is 43.8 Å². The van der Waals surface area contributed by atoms with Gasteiger partial charge in [0.25, 0.3) is 0 Å². The van der Waals surface area contributed by atoms with Crippen LogP contribution in [0.3, 0.4) is 0 Å². The van der Waals surface area contributed by atoms with Crippen molar-refractivity contribution in [2.24, 2.45) is 0 Å². The fourth-order valence-electron chi connectivity index (χ4n) is 1.20. The Morgan fingerprint density at radius 3 is 2.46 bits per heavy atom. The van der Waals surface area contributed by atoms with E-state index in [9.17, 15) is 4.79 Å². The van der Waals surface area contributed by atoms with E-state index >= 15 is 0 Å². The number of hydrogen-bond acceptors (Lipinski definition) is 1. The Morgan fingerprint density at radius 1 is 1.31 bits per heavy atom. The highest BCUT2D eigenvalue weighted by molar-refractivity contribution is 7.96. The number of thiol groups is 1. The van der Waals surface area contributed by atoms with Crippen LogP contribution >= 0.6 is 12.6 Å². The molecule has 0 unspecified atom stereocenters. The predicted octanol–water partition coefficient (Wildman–Crippen LogP) is 2.77. The molecule has 0 amide bonds. The molecule has 13 heavy (non-hydrogen) atoms. The number of rotatable bonds is 4. The summed E-state index contributed by atoms with van der Waals surface area (Å²) in [5.41, 5.74) is 2.56. The van der Waals surface area contributed by atoms with Crippen molar-refractivity contribution in [2.45, 2.75) is 26.2 Å². The Labute approximate surface area is 84.6 Å². The summed E-state index contributed by atoms with van der Waals surface area (Å²) in [6.07, 6.45) is 2.43. The van der Waals surface area contributed by atoms with E-state index in [1.54, 1.807) is 0 Å². The molecule has 2 heteroatoms. The lowest BCUT2D eigenvalue weighted by atomic mass is 10.1. The quantitative estimate of drug-likeness (QED) is 0.729. The summed E-state index contributed by atoms with van der Waals surface area (Å²) < 4.78 is 0. The van der Waals surface area contributed by atoms with Crippen molar-refractivity contribution in [1.29, 1.82) is 0 Å². The number of benzene rings is 1. The first-order valence-corrected chi connectivity index (χ1v) is 4.90. The van der Waals surface area contributed by atoms with Gasteiger partial charge in [0.05, 0.1) is 0 Å². The first-order chi connectivity index (χ1) is 6.18. The summed E-state index contributed by atoms with van der Waals surface area (Å²) >= 11 is 3.72. The van der Waals surface area contributed by atoms with Gasteiger partial charge < -0.3 is 0 Å². The van der Waals surface area contributed by atoms with Crippen LogP contribution in [0.25, 0.3) is 0 Å². The summed E-state index contributed by atoms with van der Waals surface area (Å²) in [5.74, 6) is 0. The molecule has 0 N–H and O–H groups in total. The van der Waals surface area contributed by atoms with Gasteiger partial charge in [0.15, 0.2) is 5.12 Å². The van der Waals surface area contributed by atoms with Crippen LogP contribution < -0.4 is 0 Å². The van der Waals surface area contributed by atoms with Crippen molar-refractivity contribution in [1.82, 2.24) is 0 Å². The highest BCUT2D eigenvalue weighted by Gasteiger charge is 1.96. The molecule has 1 aromatic carbocycles. The topological polar surface area (TPSA) is 17.1 Å². The van der Waals surface area contributed by atoms with Crippen molar-refractivity contribution in [2.75, 3.05) is 0 Å². The molecule has 70 valence electrons. The zero-order chi connectivity index (χ0) is 9.68. The first-order valence-electron chi connectivity index (χ1n) is 4.46. The molecule has 1 rings (SSSR count). The van der Waals surface area contributed by atoms with Gasteiger partial charge in [0.1, 0.15) is 0 Å². The van der Waals surface area contributed by atoms with Gasteiger partial charge in [-0.25, -0.2) is 0 Å². The summed E-state index contributed by atoms with van der Waals surface area (Å²) in [4.78, 5) is 10.6. The Hall–Kier alpha value is -0.760. The van der Waals surface area contributed by atoms with Crippen LogP contribution in [-0.4, -0.2) is 5.12 Å². The molecule has 0 spiro atoms. The average Bonchev–Trinajstić information content (AvgIpc) is 2.08. The van der Waals surface area contributed by atoms with Crippen molar-refractivity contribution >= 4 is 17.7 Å². The van der Waals surface area contributed by atoms with Gasteiger partial charge in [-0.1, -0.05) is 29.8 Å². The predicted molar refractivity (Wildman–Crippen MR) is 58.1 cm³/mol. The Morgan fingerprint density at radius 2 is 1.92 bits per heavy atom. The molecule has 0 heterocycles. The monoisotopic (exact) mass is 194 g/mol.